The number of methoxy groups -OCH3 is 1. The summed E-state index contributed by atoms with van der Waals surface area (Å²) in [6.07, 6.45) is 3.74. The van der Waals surface area contributed by atoms with E-state index in [9.17, 15) is 4.79 Å². The molecule has 1 fully saturated rings. The molecule has 1 aliphatic rings. The topological polar surface area (TPSA) is 42.4 Å². The molecule has 0 saturated carbocycles. The maximum atomic E-state index is 12.5. The molecule has 3 heterocycles. The number of thiazole rings is 1. The molecule has 112 valence electrons. The van der Waals surface area contributed by atoms with Gasteiger partial charge in [0.1, 0.15) is 9.88 Å². The van der Waals surface area contributed by atoms with Gasteiger partial charge in [-0.15, -0.1) is 22.7 Å². The maximum absolute atomic E-state index is 12.5. The van der Waals surface area contributed by atoms with Crippen molar-refractivity contribution >= 4 is 40.2 Å². The first-order valence-electron chi connectivity index (χ1n) is 6.71. The lowest BCUT2D eigenvalue weighted by Crippen LogP contribution is -2.40. The molecule has 7 heteroatoms. The molecule has 0 bridgehead atoms. The normalized spacial score (nSPS) is 16.4. The van der Waals surface area contributed by atoms with E-state index < -0.39 is 0 Å². The van der Waals surface area contributed by atoms with Crippen LogP contribution in [0.4, 0.5) is 0 Å². The van der Waals surface area contributed by atoms with Crippen molar-refractivity contribution in [2.75, 3.05) is 20.2 Å². The molecular formula is C14H15ClN2O2S2. The van der Waals surface area contributed by atoms with E-state index in [-0.39, 0.29) is 12.0 Å². The predicted molar refractivity (Wildman–Crippen MR) is 86.4 cm³/mol. The monoisotopic (exact) mass is 342 g/mol. The predicted octanol–water partition coefficient (Wildman–Crippen LogP) is 3.78. The van der Waals surface area contributed by atoms with Gasteiger partial charge in [-0.2, -0.15) is 0 Å². The van der Waals surface area contributed by atoms with Crippen molar-refractivity contribution in [1.82, 2.24) is 9.88 Å². The van der Waals surface area contributed by atoms with Crippen LogP contribution in [0.25, 0.3) is 9.88 Å². The molecule has 1 amide bonds. The second-order valence-corrected chi connectivity index (χ2v) is 7.61. The molecule has 0 aromatic carbocycles. The molecule has 1 saturated heterocycles. The van der Waals surface area contributed by atoms with Gasteiger partial charge in [0.05, 0.1) is 21.5 Å². The molecule has 0 spiro atoms. The summed E-state index contributed by atoms with van der Waals surface area (Å²) in [6, 6.07) is 3.78. The summed E-state index contributed by atoms with van der Waals surface area (Å²) in [5.41, 5.74) is 0. The summed E-state index contributed by atoms with van der Waals surface area (Å²) in [5.74, 6) is 0.0657. The standard InChI is InChI=1S/C14H15ClN2O2S2/c1-19-9-4-6-17(7-5-9)14(18)11-8-16-13(21-11)10-2-3-12(15)20-10/h2-3,8-9H,4-7H2,1H3. The summed E-state index contributed by atoms with van der Waals surface area (Å²) < 4.78 is 6.06. The van der Waals surface area contributed by atoms with Crippen LogP contribution in [0.15, 0.2) is 18.3 Å². The lowest BCUT2D eigenvalue weighted by molar-refractivity contribution is 0.0353. The fourth-order valence-electron chi connectivity index (χ4n) is 2.37. The van der Waals surface area contributed by atoms with E-state index in [0.717, 1.165) is 40.2 Å². The Morgan fingerprint density at radius 2 is 2.14 bits per heavy atom. The second-order valence-electron chi connectivity index (χ2n) is 4.86. The average molecular weight is 343 g/mol. The number of carbonyl (C=O) groups is 1. The fourth-order valence-corrected chi connectivity index (χ4v) is 4.36. The van der Waals surface area contributed by atoms with E-state index in [2.05, 4.69) is 4.98 Å². The van der Waals surface area contributed by atoms with Crippen molar-refractivity contribution in [3.8, 4) is 9.88 Å². The second kappa shape index (κ2) is 6.44. The van der Waals surface area contributed by atoms with Crippen LogP contribution in [0.1, 0.15) is 22.5 Å². The molecule has 0 N–H and O–H groups in total. The summed E-state index contributed by atoms with van der Waals surface area (Å²) in [5, 5.41) is 0.849. The third-order valence-corrected chi connectivity index (χ3v) is 5.95. The lowest BCUT2D eigenvalue weighted by Gasteiger charge is -2.30. The van der Waals surface area contributed by atoms with Crippen molar-refractivity contribution in [1.29, 1.82) is 0 Å². The zero-order valence-electron chi connectivity index (χ0n) is 11.5. The Morgan fingerprint density at radius 3 is 2.76 bits per heavy atom. The first kappa shape index (κ1) is 15.0. The van der Waals surface area contributed by atoms with Crippen molar-refractivity contribution in [2.24, 2.45) is 0 Å². The number of nitrogens with zero attached hydrogens (tertiary/aromatic N) is 2. The molecule has 2 aromatic heterocycles. The van der Waals surface area contributed by atoms with Gasteiger partial charge in [0.2, 0.25) is 0 Å². The Hall–Kier alpha value is -0.950. The molecule has 1 aliphatic heterocycles. The molecule has 4 nitrogen and oxygen atoms in total. The molecule has 0 radical (unpaired) electrons. The number of likely N-dealkylation sites (tertiary alicyclic amines) is 1. The highest BCUT2D eigenvalue weighted by molar-refractivity contribution is 7.24. The van der Waals surface area contributed by atoms with Crippen LogP contribution in [0.2, 0.25) is 4.34 Å². The first-order valence-corrected chi connectivity index (χ1v) is 8.72. The number of hydrogen-bond donors (Lipinski definition) is 0. The third-order valence-electron chi connectivity index (χ3n) is 3.56. The van der Waals surface area contributed by atoms with Gasteiger partial charge in [0.25, 0.3) is 5.91 Å². The Kier molecular flexibility index (Phi) is 4.59. The summed E-state index contributed by atoms with van der Waals surface area (Å²) in [6.45, 7) is 1.49. The van der Waals surface area contributed by atoms with E-state index in [1.165, 1.54) is 22.7 Å². The highest BCUT2D eigenvalue weighted by Crippen LogP contribution is 2.34. The van der Waals surface area contributed by atoms with Gasteiger partial charge in [-0.05, 0) is 25.0 Å². The Morgan fingerprint density at radius 1 is 1.38 bits per heavy atom. The minimum atomic E-state index is 0.0657. The molecule has 2 aromatic rings. The molecule has 21 heavy (non-hydrogen) atoms. The van der Waals surface area contributed by atoms with Crippen LogP contribution >= 0.6 is 34.3 Å². The van der Waals surface area contributed by atoms with E-state index >= 15 is 0 Å². The highest BCUT2D eigenvalue weighted by Gasteiger charge is 2.25. The van der Waals surface area contributed by atoms with Crippen LogP contribution in [-0.4, -0.2) is 42.1 Å². The molecule has 0 atom stereocenters. The lowest BCUT2D eigenvalue weighted by atomic mass is 10.1. The van der Waals surface area contributed by atoms with Gasteiger partial charge in [-0.25, -0.2) is 4.98 Å². The Balaban J connectivity index is 1.70. The van der Waals surface area contributed by atoms with Crippen molar-refractivity contribution in [2.45, 2.75) is 18.9 Å². The number of piperidine rings is 1. The number of ether oxygens (including phenoxy) is 1. The van der Waals surface area contributed by atoms with Crippen LogP contribution in [0, 0.1) is 0 Å². The van der Waals surface area contributed by atoms with Gasteiger partial charge < -0.3 is 9.64 Å². The molecule has 0 aliphatic carbocycles. The SMILES string of the molecule is COC1CCN(C(=O)c2cnc(-c3ccc(Cl)s3)s2)CC1. The van der Waals surface area contributed by atoms with Crippen molar-refractivity contribution in [3.63, 3.8) is 0 Å². The van der Waals surface area contributed by atoms with E-state index in [0.29, 0.717) is 4.88 Å². The summed E-state index contributed by atoms with van der Waals surface area (Å²) >= 11 is 8.84. The number of amides is 1. The number of rotatable bonds is 3. The number of aromatic nitrogens is 1. The minimum Gasteiger partial charge on any atom is -0.381 e. The summed E-state index contributed by atoms with van der Waals surface area (Å²) in [7, 11) is 1.73. The molecule has 0 unspecified atom stereocenters. The molecular weight excluding hydrogens is 328 g/mol. The quantitative estimate of drug-likeness (QED) is 0.852. The number of thiophene rings is 1. The zero-order valence-corrected chi connectivity index (χ0v) is 13.9. The van der Waals surface area contributed by atoms with Gasteiger partial charge >= 0.3 is 0 Å². The summed E-state index contributed by atoms with van der Waals surface area (Å²) in [4.78, 5) is 20.4. The van der Waals surface area contributed by atoms with E-state index in [4.69, 9.17) is 16.3 Å². The maximum Gasteiger partial charge on any atom is 0.265 e. The largest absolute Gasteiger partial charge is 0.381 e. The van der Waals surface area contributed by atoms with Crippen molar-refractivity contribution in [3.05, 3.63) is 27.5 Å². The van der Waals surface area contributed by atoms with Gasteiger partial charge in [-0.3, -0.25) is 4.79 Å². The Bertz CT molecular complexity index is 632. The fraction of sp³-hybridized carbons (Fsp3) is 0.429. The third kappa shape index (κ3) is 3.29. The van der Waals surface area contributed by atoms with Gasteiger partial charge in [0.15, 0.2) is 0 Å². The number of halogens is 1. The van der Waals surface area contributed by atoms with Crippen LogP contribution in [-0.2, 0) is 4.74 Å². The Labute approximate surface area is 136 Å². The number of carbonyl (C=O) groups excluding carboxylic acids is 1. The number of hydrogen-bond acceptors (Lipinski definition) is 5. The molecule has 3 rings (SSSR count). The van der Waals surface area contributed by atoms with Gasteiger partial charge in [-0.1, -0.05) is 11.6 Å². The van der Waals surface area contributed by atoms with Crippen LogP contribution < -0.4 is 0 Å². The van der Waals surface area contributed by atoms with Crippen molar-refractivity contribution < 1.29 is 9.53 Å². The minimum absolute atomic E-state index is 0.0657. The smallest absolute Gasteiger partial charge is 0.265 e. The average Bonchev–Trinajstić information content (AvgIpc) is 3.15. The highest BCUT2D eigenvalue weighted by atomic mass is 35.5. The van der Waals surface area contributed by atoms with Crippen LogP contribution in [0.5, 0.6) is 0 Å². The first-order chi connectivity index (χ1) is 10.2. The zero-order chi connectivity index (χ0) is 14.8. The van der Waals surface area contributed by atoms with Gasteiger partial charge in [0, 0.05) is 20.2 Å². The van der Waals surface area contributed by atoms with Crippen LogP contribution in [0.3, 0.4) is 0 Å². The van der Waals surface area contributed by atoms with E-state index in [1.54, 1.807) is 13.3 Å². The van der Waals surface area contributed by atoms with E-state index in [1.807, 2.05) is 17.0 Å².